The number of ketones is 1. The number of nitrogens with two attached hydrogens (primary N) is 1. The van der Waals surface area contributed by atoms with Gasteiger partial charge in [-0.25, -0.2) is 4.79 Å². The monoisotopic (exact) mass is 322 g/mol. The van der Waals surface area contributed by atoms with Crippen LogP contribution in [0, 0.1) is 0 Å². The minimum absolute atomic E-state index is 0.0456. The third-order valence-corrected chi connectivity index (χ3v) is 3.42. The zero-order valence-corrected chi connectivity index (χ0v) is 11.4. The SMILES string of the molecule is NC1=C(C(=O)c2ccccc2Br)C=CCN1C(=O)O. The van der Waals surface area contributed by atoms with Crippen LogP contribution in [0.4, 0.5) is 4.79 Å². The standard InChI is InChI=1S/C13H11BrN2O3/c14-10-6-2-1-4-8(10)11(17)9-5-3-7-16(12(9)15)13(18)19/h1-6H,7,15H2,(H,18,19). The molecule has 1 aliphatic rings. The van der Waals surface area contributed by atoms with E-state index < -0.39 is 6.09 Å². The van der Waals surface area contributed by atoms with Gasteiger partial charge < -0.3 is 10.8 Å². The third-order valence-electron chi connectivity index (χ3n) is 2.73. The Morgan fingerprint density at radius 3 is 2.63 bits per heavy atom. The Morgan fingerprint density at radius 1 is 1.32 bits per heavy atom. The number of Topliss-reactive ketones (excluding diaryl/α,β-unsaturated/α-hetero) is 1. The van der Waals surface area contributed by atoms with E-state index in [2.05, 4.69) is 15.9 Å². The lowest BCUT2D eigenvalue weighted by Gasteiger charge is -2.23. The van der Waals surface area contributed by atoms with Crippen LogP contribution < -0.4 is 5.73 Å². The molecule has 0 atom stereocenters. The summed E-state index contributed by atoms with van der Waals surface area (Å²) in [7, 11) is 0. The quantitative estimate of drug-likeness (QED) is 0.819. The smallest absolute Gasteiger partial charge is 0.413 e. The van der Waals surface area contributed by atoms with Crippen molar-refractivity contribution in [3.63, 3.8) is 0 Å². The van der Waals surface area contributed by atoms with Crippen LogP contribution in [0.25, 0.3) is 0 Å². The van der Waals surface area contributed by atoms with Gasteiger partial charge in [-0.3, -0.25) is 9.69 Å². The van der Waals surface area contributed by atoms with Crippen molar-refractivity contribution in [1.29, 1.82) is 0 Å². The first-order chi connectivity index (χ1) is 9.02. The second-order valence-electron chi connectivity index (χ2n) is 3.90. The number of amides is 1. The van der Waals surface area contributed by atoms with Gasteiger partial charge >= 0.3 is 6.09 Å². The molecule has 0 unspecified atom stereocenters. The van der Waals surface area contributed by atoms with E-state index in [0.29, 0.717) is 10.0 Å². The highest BCUT2D eigenvalue weighted by Crippen LogP contribution is 2.23. The zero-order valence-electron chi connectivity index (χ0n) is 9.84. The summed E-state index contributed by atoms with van der Waals surface area (Å²) in [4.78, 5) is 24.3. The summed E-state index contributed by atoms with van der Waals surface area (Å²) >= 11 is 3.29. The topological polar surface area (TPSA) is 83.6 Å². The van der Waals surface area contributed by atoms with Crippen LogP contribution in [0.3, 0.4) is 0 Å². The fourth-order valence-electron chi connectivity index (χ4n) is 1.77. The second kappa shape index (κ2) is 5.27. The fourth-order valence-corrected chi connectivity index (χ4v) is 2.23. The van der Waals surface area contributed by atoms with Gasteiger partial charge in [0.05, 0.1) is 5.57 Å². The molecule has 19 heavy (non-hydrogen) atoms. The summed E-state index contributed by atoms with van der Waals surface area (Å²) in [5, 5.41) is 8.99. The van der Waals surface area contributed by atoms with Crippen LogP contribution in [-0.2, 0) is 0 Å². The molecule has 1 amide bonds. The van der Waals surface area contributed by atoms with E-state index in [0.717, 1.165) is 4.90 Å². The average molecular weight is 323 g/mol. The maximum atomic E-state index is 12.4. The normalized spacial score (nSPS) is 14.7. The minimum atomic E-state index is -1.18. The van der Waals surface area contributed by atoms with Crippen LogP contribution in [0.15, 0.2) is 52.3 Å². The number of allylic oxidation sites excluding steroid dienone is 2. The zero-order chi connectivity index (χ0) is 14.0. The molecule has 1 aromatic rings. The lowest BCUT2D eigenvalue weighted by Crippen LogP contribution is -2.36. The van der Waals surface area contributed by atoms with Gasteiger partial charge in [0, 0.05) is 16.6 Å². The molecule has 0 spiro atoms. The van der Waals surface area contributed by atoms with E-state index in [9.17, 15) is 9.59 Å². The van der Waals surface area contributed by atoms with Gasteiger partial charge in [0.1, 0.15) is 5.82 Å². The molecule has 0 radical (unpaired) electrons. The summed E-state index contributed by atoms with van der Waals surface area (Å²) < 4.78 is 0.640. The van der Waals surface area contributed by atoms with Crippen LogP contribution in [0.2, 0.25) is 0 Å². The van der Waals surface area contributed by atoms with Crippen molar-refractivity contribution in [3.8, 4) is 0 Å². The van der Waals surface area contributed by atoms with Gasteiger partial charge in [-0.1, -0.05) is 34.1 Å². The van der Waals surface area contributed by atoms with Crippen LogP contribution in [0.1, 0.15) is 10.4 Å². The fraction of sp³-hybridized carbons (Fsp3) is 0.0769. The maximum Gasteiger partial charge on any atom is 0.413 e. The Morgan fingerprint density at radius 2 is 2.00 bits per heavy atom. The summed E-state index contributed by atoms with van der Waals surface area (Å²) in [5.41, 5.74) is 6.37. The molecular formula is C13H11BrN2O3. The Bertz CT molecular complexity index is 608. The summed E-state index contributed by atoms with van der Waals surface area (Å²) in [6, 6.07) is 6.92. The molecule has 6 heteroatoms. The van der Waals surface area contributed by atoms with Crippen molar-refractivity contribution in [2.75, 3.05) is 6.54 Å². The first-order valence-electron chi connectivity index (χ1n) is 5.48. The van der Waals surface area contributed by atoms with Gasteiger partial charge in [-0.15, -0.1) is 0 Å². The molecule has 1 aliphatic heterocycles. The highest BCUT2D eigenvalue weighted by atomic mass is 79.9. The van der Waals surface area contributed by atoms with Crippen molar-refractivity contribution in [2.45, 2.75) is 0 Å². The number of hydrogen-bond acceptors (Lipinski definition) is 3. The number of carboxylic acid groups (broad SMARTS) is 1. The molecule has 3 N–H and O–H groups in total. The van der Waals surface area contributed by atoms with Gasteiger partial charge in [0.2, 0.25) is 0 Å². The Balaban J connectivity index is 2.44. The minimum Gasteiger partial charge on any atom is -0.465 e. The number of carbonyl (C=O) groups is 2. The van der Waals surface area contributed by atoms with Gasteiger partial charge in [-0.05, 0) is 18.2 Å². The summed E-state index contributed by atoms with van der Waals surface area (Å²) in [5.74, 6) is -0.358. The van der Waals surface area contributed by atoms with E-state index in [1.165, 1.54) is 0 Å². The van der Waals surface area contributed by atoms with E-state index in [4.69, 9.17) is 10.8 Å². The molecule has 0 aromatic heterocycles. The van der Waals surface area contributed by atoms with Crippen LogP contribution in [-0.4, -0.2) is 28.4 Å². The van der Waals surface area contributed by atoms with E-state index in [-0.39, 0.29) is 23.7 Å². The first kappa shape index (κ1) is 13.4. The second-order valence-corrected chi connectivity index (χ2v) is 4.76. The molecule has 0 aliphatic carbocycles. The molecule has 5 nitrogen and oxygen atoms in total. The number of rotatable bonds is 2. The van der Waals surface area contributed by atoms with Crippen LogP contribution in [0.5, 0.6) is 0 Å². The van der Waals surface area contributed by atoms with Crippen molar-refractivity contribution >= 4 is 27.8 Å². The lowest BCUT2D eigenvalue weighted by molar-refractivity contribution is 0.103. The molecule has 0 bridgehead atoms. The van der Waals surface area contributed by atoms with E-state index >= 15 is 0 Å². The molecule has 1 aromatic carbocycles. The number of benzene rings is 1. The van der Waals surface area contributed by atoms with Gasteiger partial charge in [0.25, 0.3) is 0 Å². The highest BCUT2D eigenvalue weighted by Gasteiger charge is 2.24. The Kier molecular flexibility index (Phi) is 3.71. The third kappa shape index (κ3) is 2.53. The molecule has 0 fully saturated rings. The highest BCUT2D eigenvalue weighted by molar-refractivity contribution is 9.10. The predicted molar refractivity (Wildman–Crippen MR) is 73.6 cm³/mol. The molecule has 0 saturated heterocycles. The molecule has 2 rings (SSSR count). The van der Waals surface area contributed by atoms with Crippen molar-refractivity contribution in [2.24, 2.45) is 5.73 Å². The van der Waals surface area contributed by atoms with Crippen molar-refractivity contribution in [3.05, 3.63) is 57.8 Å². The van der Waals surface area contributed by atoms with Crippen molar-refractivity contribution < 1.29 is 14.7 Å². The predicted octanol–water partition coefficient (Wildman–Crippen LogP) is 2.35. The van der Waals surface area contributed by atoms with Crippen molar-refractivity contribution in [1.82, 2.24) is 4.90 Å². The van der Waals surface area contributed by atoms with E-state index in [1.807, 2.05) is 0 Å². The summed E-state index contributed by atoms with van der Waals surface area (Å²) in [6.07, 6.45) is 1.96. The molecule has 98 valence electrons. The first-order valence-corrected chi connectivity index (χ1v) is 6.27. The Hall–Kier alpha value is -2.08. The largest absolute Gasteiger partial charge is 0.465 e. The molecule has 1 heterocycles. The van der Waals surface area contributed by atoms with Gasteiger partial charge in [0.15, 0.2) is 5.78 Å². The average Bonchev–Trinajstić information content (AvgIpc) is 2.38. The molecular weight excluding hydrogens is 312 g/mol. The number of nitrogens with zero attached hydrogens (tertiary/aromatic N) is 1. The summed E-state index contributed by atoms with van der Waals surface area (Å²) in [6.45, 7) is 0.147. The van der Waals surface area contributed by atoms with Gasteiger partial charge in [-0.2, -0.15) is 0 Å². The Labute approximate surface area is 118 Å². The van der Waals surface area contributed by atoms with E-state index in [1.54, 1.807) is 36.4 Å². The maximum absolute atomic E-state index is 12.4. The lowest BCUT2D eigenvalue weighted by atomic mass is 10.0. The number of carbonyl (C=O) groups excluding carboxylic acids is 1. The van der Waals surface area contributed by atoms with Crippen LogP contribution >= 0.6 is 15.9 Å². The number of halogens is 1. The molecule has 0 saturated carbocycles. The number of hydrogen-bond donors (Lipinski definition) is 2.